The average molecular weight is 414 g/mol. The first-order valence-electron chi connectivity index (χ1n) is 8.02. The van der Waals surface area contributed by atoms with Gasteiger partial charge in [-0.2, -0.15) is 0 Å². The Morgan fingerprint density at radius 1 is 1.23 bits per heavy atom. The van der Waals surface area contributed by atoms with Gasteiger partial charge in [0, 0.05) is 12.6 Å². The number of methoxy groups -OCH3 is 1. The van der Waals surface area contributed by atoms with Gasteiger partial charge < -0.3 is 14.4 Å². The monoisotopic (exact) mass is 413 g/mol. The Bertz CT molecular complexity index is 802. The van der Waals surface area contributed by atoms with E-state index in [1.165, 1.54) is 6.07 Å². The van der Waals surface area contributed by atoms with Crippen molar-refractivity contribution in [3.8, 4) is 5.75 Å². The lowest BCUT2D eigenvalue weighted by atomic mass is 10.2. The van der Waals surface area contributed by atoms with E-state index >= 15 is 0 Å². The second-order valence-corrected chi connectivity index (χ2v) is 8.20. The molecular weight excluding hydrogens is 397 g/mol. The number of esters is 1. The van der Waals surface area contributed by atoms with E-state index in [0.717, 1.165) is 35.5 Å². The molecule has 1 aromatic heterocycles. The van der Waals surface area contributed by atoms with E-state index in [0.29, 0.717) is 10.9 Å². The molecule has 0 atom stereocenters. The third-order valence-electron chi connectivity index (χ3n) is 4.02. The van der Waals surface area contributed by atoms with E-state index in [4.69, 9.17) is 32.7 Å². The largest absolute Gasteiger partial charge is 0.497 e. The number of rotatable bonds is 7. The van der Waals surface area contributed by atoms with Crippen LogP contribution in [0.3, 0.4) is 0 Å². The van der Waals surface area contributed by atoms with Crippen LogP contribution in [-0.2, 0) is 16.1 Å². The Morgan fingerprint density at radius 2 is 1.92 bits per heavy atom. The highest BCUT2D eigenvalue weighted by atomic mass is 35.5. The Labute approximate surface area is 165 Å². The van der Waals surface area contributed by atoms with Crippen LogP contribution in [0.4, 0.5) is 0 Å². The smallest absolute Gasteiger partial charge is 0.341 e. The van der Waals surface area contributed by atoms with Gasteiger partial charge >= 0.3 is 5.97 Å². The fourth-order valence-corrected chi connectivity index (χ4v) is 3.94. The summed E-state index contributed by atoms with van der Waals surface area (Å²) in [6, 6.07) is 9.18. The van der Waals surface area contributed by atoms with Crippen molar-refractivity contribution in [1.82, 2.24) is 4.90 Å². The Hall–Kier alpha value is -1.76. The second-order valence-electron chi connectivity index (χ2n) is 5.91. The number of carbonyl (C=O) groups excluding carboxylic acids is 2. The molecule has 0 aliphatic heterocycles. The normalized spacial score (nSPS) is 13.3. The maximum atomic E-state index is 12.5. The van der Waals surface area contributed by atoms with Gasteiger partial charge in [0.25, 0.3) is 5.91 Å². The lowest BCUT2D eigenvalue weighted by Crippen LogP contribution is -2.36. The molecule has 3 rings (SSSR count). The van der Waals surface area contributed by atoms with Crippen LogP contribution in [0, 0.1) is 0 Å². The summed E-state index contributed by atoms with van der Waals surface area (Å²) in [5, 5.41) is 0. The fourth-order valence-electron chi connectivity index (χ4n) is 2.50. The molecule has 0 bridgehead atoms. The topological polar surface area (TPSA) is 55.8 Å². The molecule has 1 aliphatic rings. The summed E-state index contributed by atoms with van der Waals surface area (Å²) in [6.07, 6.45) is 1.92. The number of hydrogen-bond donors (Lipinski definition) is 0. The summed E-state index contributed by atoms with van der Waals surface area (Å²) < 4.78 is 10.9. The third kappa shape index (κ3) is 4.69. The first-order valence-corrected chi connectivity index (χ1v) is 9.59. The van der Waals surface area contributed by atoms with Gasteiger partial charge in [0.2, 0.25) is 0 Å². The predicted molar refractivity (Wildman–Crippen MR) is 101 cm³/mol. The summed E-state index contributed by atoms with van der Waals surface area (Å²) in [5.74, 6) is -0.112. The molecular formula is C18H17Cl2NO4S. The van der Waals surface area contributed by atoms with Crippen molar-refractivity contribution in [2.24, 2.45) is 0 Å². The van der Waals surface area contributed by atoms with Crippen molar-refractivity contribution >= 4 is 46.4 Å². The van der Waals surface area contributed by atoms with Crippen LogP contribution in [0.25, 0.3) is 0 Å². The van der Waals surface area contributed by atoms with Crippen LogP contribution < -0.4 is 4.74 Å². The lowest BCUT2D eigenvalue weighted by molar-refractivity contribution is -0.135. The van der Waals surface area contributed by atoms with Gasteiger partial charge in [-0.15, -0.1) is 11.3 Å². The molecule has 0 radical (unpaired) electrons. The number of thiophene rings is 1. The highest BCUT2D eigenvalue weighted by Gasteiger charge is 2.33. The minimum absolute atomic E-state index is 0.183. The molecule has 1 aliphatic carbocycles. The van der Waals surface area contributed by atoms with E-state index < -0.39 is 5.97 Å². The molecule has 1 heterocycles. The first kappa shape index (κ1) is 19.0. The average Bonchev–Trinajstić information content (AvgIpc) is 3.41. The number of hydrogen-bond acceptors (Lipinski definition) is 5. The Morgan fingerprint density at radius 3 is 2.46 bits per heavy atom. The van der Waals surface area contributed by atoms with Gasteiger partial charge in [-0.25, -0.2) is 4.79 Å². The van der Waals surface area contributed by atoms with Gasteiger partial charge in [-0.1, -0.05) is 35.3 Å². The van der Waals surface area contributed by atoms with Crippen LogP contribution >= 0.6 is 34.5 Å². The summed E-state index contributed by atoms with van der Waals surface area (Å²) in [5.41, 5.74) is 1.17. The lowest BCUT2D eigenvalue weighted by Gasteiger charge is -2.22. The Kier molecular flexibility index (Phi) is 6.06. The quantitative estimate of drug-likeness (QED) is 0.630. The zero-order valence-electron chi connectivity index (χ0n) is 14.0. The van der Waals surface area contributed by atoms with Crippen molar-refractivity contribution in [3.63, 3.8) is 0 Å². The van der Waals surface area contributed by atoms with Crippen molar-refractivity contribution in [1.29, 1.82) is 0 Å². The van der Waals surface area contributed by atoms with Crippen molar-refractivity contribution in [2.75, 3.05) is 13.7 Å². The summed E-state index contributed by atoms with van der Waals surface area (Å²) >= 11 is 12.8. The third-order valence-corrected chi connectivity index (χ3v) is 5.51. The summed E-state index contributed by atoms with van der Waals surface area (Å²) in [6.45, 7) is 0.144. The van der Waals surface area contributed by atoms with E-state index in [1.807, 2.05) is 24.3 Å². The van der Waals surface area contributed by atoms with Crippen LogP contribution in [0.2, 0.25) is 8.67 Å². The maximum Gasteiger partial charge on any atom is 0.341 e. The fraction of sp³-hybridized carbons (Fsp3) is 0.333. The Balaban J connectivity index is 1.60. The van der Waals surface area contributed by atoms with Gasteiger partial charge in [0.05, 0.1) is 17.0 Å². The highest BCUT2D eigenvalue weighted by Crippen LogP contribution is 2.32. The molecule has 0 spiro atoms. The molecule has 0 N–H and O–H groups in total. The second kappa shape index (κ2) is 8.29. The van der Waals surface area contributed by atoms with Crippen molar-refractivity contribution in [2.45, 2.75) is 25.4 Å². The van der Waals surface area contributed by atoms with Crippen LogP contribution in [0.15, 0.2) is 30.3 Å². The standard InChI is InChI=1S/C18H17Cl2NO4S/c1-24-13-6-2-11(3-7-13)9-21(12-4-5-12)16(22)10-25-18(23)14-8-15(19)26-17(14)20/h2-3,6-8,12H,4-5,9-10H2,1H3. The number of ether oxygens (including phenoxy) is 2. The number of carbonyl (C=O) groups is 2. The van der Waals surface area contributed by atoms with Gasteiger partial charge in [-0.3, -0.25) is 4.79 Å². The number of benzene rings is 1. The molecule has 1 saturated carbocycles. The van der Waals surface area contributed by atoms with E-state index in [1.54, 1.807) is 12.0 Å². The molecule has 5 nitrogen and oxygen atoms in total. The molecule has 1 amide bonds. The van der Waals surface area contributed by atoms with E-state index in [2.05, 4.69) is 0 Å². The minimum atomic E-state index is -0.647. The van der Waals surface area contributed by atoms with Crippen LogP contribution in [0.1, 0.15) is 28.8 Å². The molecule has 1 aromatic carbocycles. The molecule has 0 unspecified atom stereocenters. The summed E-state index contributed by atoms with van der Waals surface area (Å²) in [4.78, 5) is 26.4. The highest BCUT2D eigenvalue weighted by molar-refractivity contribution is 7.20. The summed E-state index contributed by atoms with van der Waals surface area (Å²) in [7, 11) is 1.61. The molecule has 1 fully saturated rings. The van der Waals surface area contributed by atoms with E-state index in [9.17, 15) is 9.59 Å². The first-order chi connectivity index (χ1) is 12.5. The van der Waals surface area contributed by atoms with Crippen molar-refractivity contribution < 1.29 is 19.1 Å². The van der Waals surface area contributed by atoms with Crippen LogP contribution in [0.5, 0.6) is 5.75 Å². The van der Waals surface area contributed by atoms with Crippen LogP contribution in [-0.4, -0.2) is 36.5 Å². The zero-order chi connectivity index (χ0) is 18.7. The number of nitrogens with zero attached hydrogens (tertiary/aromatic N) is 1. The number of halogens is 2. The minimum Gasteiger partial charge on any atom is -0.497 e. The molecule has 8 heteroatoms. The molecule has 0 saturated heterocycles. The maximum absolute atomic E-state index is 12.5. The number of amides is 1. The predicted octanol–water partition coefficient (Wildman–Crippen LogP) is 4.41. The van der Waals surface area contributed by atoms with Gasteiger partial charge in [0.1, 0.15) is 10.1 Å². The van der Waals surface area contributed by atoms with Gasteiger partial charge in [-0.05, 0) is 36.6 Å². The SMILES string of the molecule is COc1ccc(CN(C(=O)COC(=O)c2cc(Cl)sc2Cl)C2CC2)cc1. The molecule has 26 heavy (non-hydrogen) atoms. The molecule has 2 aromatic rings. The zero-order valence-corrected chi connectivity index (χ0v) is 16.4. The van der Waals surface area contributed by atoms with E-state index in [-0.39, 0.29) is 28.5 Å². The van der Waals surface area contributed by atoms with Gasteiger partial charge in [0.15, 0.2) is 6.61 Å². The molecule has 138 valence electrons. The van der Waals surface area contributed by atoms with Crippen molar-refractivity contribution in [3.05, 3.63) is 50.1 Å².